The van der Waals surface area contributed by atoms with Crippen LogP contribution in [0.15, 0.2) is 54.6 Å². The number of ether oxygens (including phenoxy) is 1. The minimum absolute atomic E-state index is 0.115. The molecule has 0 aliphatic heterocycles. The van der Waals surface area contributed by atoms with Crippen LogP contribution in [0.1, 0.15) is 43.9 Å². The molecule has 3 rings (SSSR count). The largest absolute Gasteiger partial charge is 0.508 e. The van der Waals surface area contributed by atoms with Crippen LogP contribution in [0.5, 0.6) is 5.75 Å². The molecule has 138 valence electrons. The van der Waals surface area contributed by atoms with Gasteiger partial charge in [0.25, 0.3) is 0 Å². The van der Waals surface area contributed by atoms with E-state index in [1.165, 1.54) is 0 Å². The van der Waals surface area contributed by atoms with E-state index in [0.29, 0.717) is 6.61 Å². The second-order valence-electron chi connectivity index (χ2n) is 6.92. The van der Waals surface area contributed by atoms with Crippen molar-refractivity contribution in [3.63, 3.8) is 0 Å². The highest BCUT2D eigenvalue weighted by atomic mass is 16.5. The molecular weight excluding hydrogens is 326 g/mol. The number of aromatic hydroxyl groups is 1. The molecule has 0 bridgehead atoms. The minimum Gasteiger partial charge on any atom is -0.508 e. The highest BCUT2D eigenvalue weighted by Crippen LogP contribution is 2.55. The Morgan fingerprint density at radius 2 is 1.88 bits per heavy atom. The van der Waals surface area contributed by atoms with Gasteiger partial charge in [-0.2, -0.15) is 0 Å². The number of carbonyl (C=O) groups is 1. The molecule has 3 unspecified atom stereocenters. The summed E-state index contributed by atoms with van der Waals surface area (Å²) >= 11 is 0. The van der Waals surface area contributed by atoms with E-state index in [4.69, 9.17) is 4.74 Å². The Hall–Kier alpha value is -2.33. The molecule has 3 atom stereocenters. The fourth-order valence-corrected chi connectivity index (χ4v) is 3.78. The molecule has 0 amide bonds. The molecule has 1 fully saturated rings. The maximum atomic E-state index is 12.7. The molecule has 1 saturated carbocycles. The van der Waals surface area contributed by atoms with Crippen molar-refractivity contribution in [2.45, 2.75) is 38.1 Å². The topological polar surface area (TPSA) is 58.6 Å². The zero-order valence-electron chi connectivity index (χ0n) is 15.4. The Labute approximate surface area is 155 Å². The minimum atomic E-state index is -0.516. The number of phenolic OH excluding ortho intramolecular Hbond substituents is 1. The maximum Gasteiger partial charge on any atom is 0.316 e. The first-order valence-corrected chi connectivity index (χ1v) is 9.36. The second-order valence-corrected chi connectivity index (χ2v) is 6.92. The van der Waals surface area contributed by atoms with Crippen molar-refractivity contribution in [2.75, 3.05) is 13.2 Å². The van der Waals surface area contributed by atoms with Crippen molar-refractivity contribution < 1.29 is 14.6 Å². The summed E-state index contributed by atoms with van der Waals surface area (Å²) in [4.78, 5) is 12.7. The predicted octanol–water partition coefficient (Wildman–Crippen LogP) is 3.95. The predicted molar refractivity (Wildman–Crippen MR) is 102 cm³/mol. The lowest BCUT2D eigenvalue weighted by molar-refractivity contribution is -0.146. The molecule has 0 spiro atoms. The van der Waals surface area contributed by atoms with Gasteiger partial charge in [-0.15, -0.1) is 0 Å². The number of hydrogen-bond acceptors (Lipinski definition) is 4. The van der Waals surface area contributed by atoms with Gasteiger partial charge in [0, 0.05) is 12.6 Å². The van der Waals surface area contributed by atoms with Gasteiger partial charge in [-0.3, -0.25) is 4.79 Å². The van der Waals surface area contributed by atoms with Gasteiger partial charge < -0.3 is 15.2 Å². The number of nitrogens with one attached hydrogen (secondary N) is 1. The van der Waals surface area contributed by atoms with Crippen LogP contribution in [0, 0.1) is 5.92 Å². The number of carbonyl (C=O) groups excluding carboxylic acids is 1. The Morgan fingerprint density at radius 3 is 2.50 bits per heavy atom. The van der Waals surface area contributed by atoms with Crippen molar-refractivity contribution in [3.05, 3.63) is 65.7 Å². The van der Waals surface area contributed by atoms with Gasteiger partial charge in [0.1, 0.15) is 5.75 Å². The zero-order valence-corrected chi connectivity index (χ0v) is 15.4. The molecule has 0 saturated heterocycles. The first kappa shape index (κ1) is 18.5. The fourth-order valence-electron chi connectivity index (χ4n) is 3.78. The Morgan fingerprint density at radius 1 is 1.19 bits per heavy atom. The number of phenols is 1. The lowest BCUT2D eigenvalue weighted by atomic mass is 9.93. The summed E-state index contributed by atoms with van der Waals surface area (Å²) < 4.78 is 5.39. The monoisotopic (exact) mass is 353 g/mol. The Kier molecular flexibility index (Phi) is 5.62. The molecule has 4 nitrogen and oxygen atoms in total. The molecule has 1 aliphatic carbocycles. The molecular formula is C22H27NO3. The summed E-state index contributed by atoms with van der Waals surface area (Å²) in [5.74, 6) is 0.391. The average molecular weight is 353 g/mol. The van der Waals surface area contributed by atoms with Crippen LogP contribution in [0.3, 0.4) is 0 Å². The lowest BCUT2D eigenvalue weighted by Gasteiger charge is -2.20. The normalized spacial score (nSPS) is 22.6. The number of esters is 1. The van der Waals surface area contributed by atoms with Gasteiger partial charge in [-0.1, -0.05) is 49.4 Å². The van der Waals surface area contributed by atoms with Gasteiger partial charge in [0.15, 0.2) is 0 Å². The summed E-state index contributed by atoms with van der Waals surface area (Å²) in [5, 5.41) is 13.1. The van der Waals surface area contributed by atoms with E-state index < -0.39 is 5.41 Å². The van der Waals surface area contributed by atoms with Crippen molar-refractivity contribution >= 4 is 5.97 Å². The quantitative estimate of drug-likeness (QED) is 0.706. The van der Waals surface area contributed by atoms with Crippen molar-refractivity contribution in [1.29, 1.82) is 0 Å². The summed E-state index contributed by atoms with van der Waals surface area (Å²) in [6.07, 6.45) is 1.75. The Balaban J connectivity index is 1.71. The third-order valence-corrected chi connectivity index (χ3v) is 5.35. The van der Waals surface area contributed by atoms with Crippen LogP contribution >= 0.6 is 0 Å². The van der Waals surface area contributed by atoms with Crippen LogP contribution in [-0.2, 0) is 14.9 Å². The second kappa shape index (κ2) is 7.92. The van der Waals surface area contributed by atoms with Crippen LogP contribution in [0.25, 0.3) is 0 Å². The molecule has 26 heavy (non-hydrogen) atoms. The maximum absolute atomic E-state index is 12.7. The first-order valence-electron chi connectivity index (χ1n) is 9.36. The van der Waals surface area contributed by atoms with E-state index in [1.807, 2.05) is 49.4 Å². The summed E-state index contributed by atoms with van der Waals surface area (Å²) in [6, 6.07) is 17.5. The third-order valence-electron chi connectivity index (χ3n) is 5.35. The lowest BCUT2D eigenvalue weighted by Crippen LogP contribution is -2.31. The molecule has 2 aromatic rings. The summed E-state index contributed by atoms with van der Waals surface area (Å²) in [7, 11) is 0. The van der Waals surface area contributed by atoms with Crippen molar-refractivity contribution in [3.8, 4) is 5.75 Å². The van der Waals surface area contributed by atoms with E-state index in [1.54, 1.807) is 12.1 Å². The van der Waals surface area contributed by atoms with E-state index in [-0.39, 0.29) is 23.7 Å². The first-order chi connectivity index (χ1) is 12.6. The molecule has 2 aromatic carbocycles. The summed E-state index contributed by atoms with van der Waals surface area (Å²) in [6.45, 7) is 5.14. The van der Waals surface area contributed by atoms with Gasteiger partial charge >= 0.3 is 5.97 Å². The molecule has 0 radical (unpaired) electrons. The molecule has 0 heterocycles. The molecule has 0 aromatic heterocycles. The van der Waals surface area contributed by atoms with Crippen molar-refractivity contribution in [1.82, 2.24) is 5.32 Å². The molecule has 4 heteroatoms. The fraction of sp³-hybridized carbons (Fsp3) is 0.409. The number of benzene rings is 2. The van der Waals surface area contributed by atoms with Crippen LogP contribution in [-0.4, -0.2) is 24.2 Å². The highest BCUT2D eigenvalue weighted by Gasteiger charge is 2.61. The van der Waals surface area contributed by atoms with Crippen LogP contribution < -0.4 is 5.32 Å². The highest BCUT2D eigenvalue weighted by molar-refractivity contribution is 5.87. The van der Waals surface area contributed by atoms with E-state index in [9.17, 15) is 9.90 Å². The standard InChI is InChI=1S/C22H27NO3/c1-3-20(16-10-12-19(24)13-11-16)23-15-18-14-22(18,21(25)26-4-2)17-8-6-5-7-9-17/h5-13,18,20,23-24H,3-4,14-15H2,1-2H3. The van der Waals surface area contributed by atoms with Gasteiger partial charge in [0.2, 0.25) is 0 Å². The number of rotatable bonds is 8. The SMILES string of the molecule is CCOC(=O)C1(c2ccccc2)CC1CNC(CC)c1ccc(O)cc1. The summed E-state index contributed by atoms with van der Waals surface area (Å²) in [5.41, 5.74) is 1.67. The zero-order chi connectivity index (χ0) is 18.6. The van der Waals surface area contributed by atoms with Crippen LogP contribution in [0.2, 0.25) is 0 Å². The molecule has 2 N–H and O–H groups in total. The molecule has 1 aliphatic rings. The Bertz CT molecular complexity index is 729. The van der Waals surface area contributed by atoms with E-state index in [0.717, 1.165) is 30.5 Å². The number of hydrogen-bond donors (Lipinski definition) is 2. The van der Waals surface area contributed by atoms with Crippen molar-refractivity contribution in [2.24, 2.45) is 5.92 Å². The third kappa shape index (κ3) is 3.61. The average Bonchev–Trinajstić information content (AvgIpc) is 3.40. The smallest absolute Gasteiger partial charge is 0.316 e. The van der Waals surface area contributed by atoms with Gasteiger partial charge in [0.05, 0.1) is 12.0 Å². The van der Waals surface area contributed by atoms with E-state index in [2.05, 4.69) is 12.2 Å². The van der Waals surface area contributed by atoms with E-state index >= 15 is 0 Å². The van der Waals surface area contributed by atoms with Crippen LogP contribution in [0.4, 0.5) is 0 Å². The van der Waals surface area contributed by atoms with Gasteiger partial charge in [-0.25, -0.2) is 0 Å². The van der Waals surface area contributed by atoms with Gasteiger partial charge in [-0.05, 0) is 48.9 Å².